The van der Waals surface area contributed by atoms with Gasteiger partial charge in [0.2, 0.25) is 0 Å². The highest BCUT2D eigenvalue weighted by atomic mass is 35.5. The van der Waals surface area contributed by atoms with E-state index < -0.39 is 6.10 Å². The summed E-state index contributed by atoms with van der Waals surface area (Å²) in [7, 11) is 0. The molecule has 0 radical (unpaired) electrons. The van der Waals surface area contributed by atoms with Crippen LogP contribution in [0, 0.1) is 0 Å². The summed E-state index contributed by atoms with van der Waals surface area (Å²) in [5.74, 6) is 0.389. The number of benzene rings is 2. The molecule has 2 aromatic carbocycles. The maximum atomic E-state index is 12.4. The first-order valence-electron chi connectivity index (χ1n) is 9.11. The van der Waals surface area contributed by atoms with E-state index in [9.17, 15) is 4.79 Å². The number of nitrogens with zero attached hydrogens (tertiary/aromatic N) is 1. The Morgan fingerprint density at radius 3 is 2.31 bits per heavy atom. The highest BCUT2D eigenvalue weighted by Gasteiger charge is 2.19. The van der Waals surface area contributed by atoms with E-state index in [1.54, 1.807) is 12.1 Å². The van der Waals surface area contributed by atoms with Gasteiger partial charge in [0.25, 0.3) is 5.91 Å². The van der Waals surface area contributed by atoms with Gasteiger partial charge in [-0.2, -0.15) is 0 Å². The number of anilines is 1. The minimum absolute atomic E-state index is 0.139. The van der Waals surface area contributed by atoms with Crippen molar-refractivity contribution in [2.75, 3.05) is 18.0 Å². The van der Waals surface area contributed by atoms with Crippen LogP contribution in [0.15, 0.2) is 48.5 Å². The number of ether oxygens (including phenoxy) is 1. The van der Waals surface area contributed by atoms with Gasteiger partial charge in [-0.25, -0.2) is 0 Å². The summed E-state index contributed by atoms with van der Waals surface area (Å²) in [6, 6.07) is 15.5. The summed E-state index contributed by atoms with van der Waals surface area (Å²) >= 11 is 6.11. The first kappa shape index (κ1) is 20.1. The standard InChI is InChI=1S/C21H27ClN2O2/c1-4-19(26-20-10-8-7-9-18(20)22)21(25)23-15-16-11-13-17(14-12-16)24(5-2)6-3/h7-14,19H,4-6,15H2,1-3H3,(H,23,25)/t19-/m1/s1. The molecule has 0 aliphatic carbocycles. The molecule has 0 heterocycles. The lowest BCUT2D eigenvalue weighted by atomic mass is 10.2. The van der Waals surface area contributed by atoms with Crippen LogP contribution in [0.4, 0.5) is 5.69 Å². The van der Waals surface area contributed by atoms with E-state index in [0.29, 0.717) is 23.7 Å². The Morgan fingerprint density at radius 1 is 1.08 bits per heavy atom. The monoisotopic (exact) mass is 374 g/mol. The zero-order valence-electron chi connectivity index (χ0n) is 15.7. The number of para-hydroxylation sites is 1. The molecule has 0 unspecified atom stereocenters. The predicted molar refractivity (Wildman–Crippen MR) is 108 cm³/mol. The second-order valence-electron chi connectivity index (χ2n) is 6.00. The summed E-state index contributed by atoms with van der Waals surface area (Å²) in [6.45, 7) is 8.62. The Balaban J connectivity index is 1.93. The maximum absolute atomic E-state index is 12.4. The van der Waals surface area contributed by atoms with Gasteiger partial charge < -0.3 is 15.0 Å². The number of rotatable bonds is 9. The van der Waals surface area contributed by atoms with Crippen LogP contribution in [-0.4, -0.2) is 25.1 Å². The van der Waals surface area contributed by atoms with E-state index in [1.807, 2.05) is 31.2 Å². The van der Waals surface area contributed by atoms with Crippen molar-refractivity contribution in [3.05, 3.63) is 59.1 Å². The molecule has 0 bridgehead atoms. The minimum Gasteiger partial charge on any atom is -0.479 e. The summed E-state index contributed by atoms with van der Waals surface area (Å²) in [5.41, 5.74) is 2.25. The first-order valence-corrected chi connectivity index (χ1v) is 9.49. The molecule has 0 aromatic heterocycles. The topological polar surface area (TPSA) is 41.6 Å². The fourth-order valence-electron chi connectivity index (χ4n) is 2.73. The van der Waals surface area contributed by atoms with Gasteiger partial charge in [0.1, 0.15) is 5.75 Å². The van der Waals surface area contributed by atoms with Crippen molar-refractivity contribution in [2.45, 2.75) is 39.8 Å². The average Bonchev–Trinajstić information content (AvgIpc) is 2.67. The third kappa shape index (κ3) is 5.40. The van der Waals surface area contributed by atoms with Gasteiger partial charge in [0, 0.05) is 25.3 Å². The number of halogens is 1. The molecule has 2 rings (SSSR count). The van der Waals surface area contributed by atoms with Crippen LogP contribution >= 0.6 is 11.6 Å². The van der Waals surface area contributed by atoms with Crippen LogP contribution in [0.5, 0.6) is 5.75 Å². The molecule has 0 saturated carbocycles. The molecule has 0 spiro atoms. The van der Waals surface area contributed by atoms with Crippen LogP contribution in [-0.2, 0) is 11.3 Å². The van der Waals surface area contributed by atoms with Crippen molar-refractivity contribution in [3.63, 3.8) is 0 Å². The third-order valence-electron chi connectivity index (χ3n) is 4.30. The Bertz CT molecular complexity index is 699. The number of nitrogens with one attached hydrogen (secondary N) is 1. The SMILES string of the molecule is CC[C@@H](Oc1ccccc1Cl)C(=O)NCc1ccc(N(CC)CC)cc1. The minimum atomic E-state index is -0.565. The van der Waals surface area contributed by atoms with Crippen molar-refractivity contribution in [1.29, 1.82) is 0 Å². The highest BCUT2D eigenvalue weighted by Crippen LogP contribution is 2.25. The molecule has 0 aliphatic rings. The van der Waals surface area contributed by atoms with Crippen molar-refractivity contribution in [1.82, 2.24) is 5.32 Å². The molecular weight excluding hydrogens is 348 g/mol. The van der Waals surface area contributed by atoms with Crippen molar-refractivity contribution in [3.8, 4) is 5.75 Å². The normalized spacial score (nSPS) is 11.7. The Labute approximate surface area is 161 Å². The summed E-state index contributed by atoms with van der Waals surface area (Å²) in [5, 5.41) is 3.45. The molecule has 1 atom stereocenters. The molecule has 1 amide bonds. The Kier molecular flexibility index (Phi) is 7.79. The smallest absolute Gasteiger partial charge is 0.261 e. The number of hydrogen-bond acceptors (Lipinski definition) is 3. The van der Waals surface area contributed by atoms with Crippen molar-refractivity contribution < 1.29 is 9.53 Å². The van der Waals surface area contributed by atoms with Crippen LogP contribution in [0.25, 0.3) is 0 Å². The number of carbonyl (C=O) groups is 1. The van der Waals surface area contributed by atoms with Crippen LogP contribution < -0.4 is 15.0 Å². The van der Waals surface area contributed by atoms with E-state index in [2.05, 4.69) is 36.2 Å². The predicted octanol–water partition coefficient (Wildman–Crippen LogP) is 4.66. The molecular formula is C21H27ClN2O2. The maximum Gasteiger partial charge on any atom is 0.261 e. The van der Waals surface area contributed by atoms with E-state index in [4.69, 9.17) is 16.3 Å². The molecule has 2 aromatic rings. The van der Waals surface area contributed by atoms with Crippen LogP contribution in [0.2, 0.25) is 5.02 Å². The first-order chi connectivity index (χ1) is 12.6. The van der Waals surface area contributed by atoms with Gasteiger partial charge in [-0.1, -0.05) is 42.8 Å². The average molecular weight is 375 g/mol. The highest BCUT2D eigenvalue weighted by molar-refractivity contribution is 6.32. The summed E-state index contributed by atoms with van der Waals surface area (Å²) in [4.78, 5) is 14.7. The summed E-state index contributed by atoms with van der Waals surface area (Å²) in [6.07, 6.45) is 0.00246. The van der Waals surface area contributed by atoms with Gasteiger partial charge in [0.05, 0.1) is 5.02 Å². The van der Waals surface area contributed by atoms with Crippen molar-refractivity contribution in [2.24, 2.45) is 0 Å². The Hall–Kier alpha value is -2.20. The Morgan fingerprint density at radius 2 is 1.73 bits per heavy atom. The van der Waals surface area contributed by atoms with E-state index in [0.717, 1.165) is 18.7 Å². The van der Waals surface area contributed by atoms with E-state index in [-0.39, 0.29) is 5.91 Å². The zero-order chi connectivity index (χ0) is 18.9. The lowest BCUT2D eigenvalue weighted by Crippen LogP contribution is -2.37. The van der Waals surface area contributed by atoms with Crippen LogP contribution in [0.1, 0.15) is 32.8 Å². The van der Waals surface area contributed by atoms with Gasteiger partial charge in [-0.3, -0.25) is 4.79 Å². The quantitative estimate of drug-likeness (QED) is 0.694. The molecule has 26 heavy (non-hydrogen) atoms. The molecule has 0 aliphatic heterocycles. The summed E-state index contributed by atoms with van der Waals surface area (Å²) < 4.78 is 5.77. The van der Waals surface area contributed by atoms with Gasteiger partial charge in [-0.05, 0) is 50.1 Å². The lowest BCUT2D eigenvalue weighted by molar-refractivity contribution is -0.128. The largest absolute Gasteiger partial charge is 0.479 e. The fourth-order valence-corrected chi connectivity index (χ4v) is 2.91. The van der Waals surface area contributed by atoms with Gasteiger partial charge >= 0.3 is 0 Å². The number of amides is 1. The molecule has 4 nitrogen and oxygen atoms in total. The van der Waals surface area contributed by atoms with Crippen LogP contribution in [0.3, 0.4) is 0 Å². The number of carbonyl (C=O) groups excluding carboxylic acids is 1. The molecule has 140 valence electrons. The number of hydrogen-bond donors (Lipinski definition) is 1. The fraction of sp³-hybridized carbons (Fsp3) is 0.381. The third-order valence-corrected chi connectivity index (χ3v) is 4.61. The van der Waals surface area contributed by atoms with E-state index in [1.165, 1.54) is 5.69 Å². The zero-order valence-corrected chi connectivity index (χ0v) is 16.4. The van der Waals surface area contributed by atoms with E-state index >= 15 is 0 Å². The second kappa shape index (κ2) is 10.1. The molecule has 1 N–H and O–H groups in total. The van der Waals surface area contributed by atoms with Gasteiger partial charge in [-0.15, -0.1) is 0 Å². The molecule has 0 saturated heterocycles. The molecule has 0 fully saturated rings. The molecule has 5 heteroatoms. The lowest BCUT2D eigenvalue weighted by Gasteiger charge is -2.21. The van der Waals surface area contributed by atoms with Gasteiger partial charge in [0.15, 0.2) is 6.10 Å². The van der Waals surface area contributed by atoms with Crippen molar-refractivity contribution >= 4 is 23.2 Å². The second-order valence-corrected chi connectivity index (χ2v) is 6.41.